The standard InChI is InChI=1S/C14H11BrF3N/c15-11-7-4-8-12(16)13(11)19-9-14(17,18)10-5-2-1-3-6-10/h1-8,19H,9H2. The van der Waals surface area contributed by atoms with Gasteiger partial charge in [-0.05, 0) is 28.1 Å². The van der Waals surface area contributed by atoms with Crippen LogP contribution in [0.5, 0.6) is 0 Å². The Balaban J connectivity index is 2.14. The summed E-state index contributed by atoms with van der Waals surface area (Å²) in [5.74, 6) is -3.64. The average molecular weight is 330 g/mol. The highest BCUT2D eigenvalue weighted by molar-refractivity contribution is 9.10. The van der Waals surface area contributed by atoms with Gasteiger partial charge >= 0.3 is 0 Å². The monoisotopic (exact) mass is 329 g/mol. The number of para-hydroxylation sites is 1. The lowest BCUT2D eigenvalue weighted by atomic mass is 10.1. The highest BCUT2D eigenvalue weighted by Crippen LogP contribution is 2.31. The minimum absolute atomic E-state index is 0.0399. The molecule has 1 nitrogen and oxygen atoms in total. The Morgan fingerprint density at radius 2 is 1.68 bits per heavy atom. The van der Waals surface area contributed by atoms with Crippen molar-refractivity contribution in [2.24, 2.45) is 0 Å². The number of anilines is 1. The lowest BCUT2D eigenvalue weighted by Crippen LogP contribution is -2.25. The van der Waals surface area contributed by atoms with E-state index in [1.165, 1.54) is 24.3 Å². The van der Waals surface area contributed by atoms with E-state index in [9.17, 15) is 13.2 Å². The molecule has 1 N–H and O–H groups in total. The van der Waals surface area contributed by atoms with Crippen LogP contribution in [0.4, 0.5) is 18.9 Å². The Labute approximate surface area is 117 Å². The number of hydrogen-bond acceptors (Lipinski definition) is 1. The molecule has 0 fully saturated rings. The molecule has 5 heteroatoms. The maximum Gasteiger partial charge on any atom is 0.290 e. The normalized spacial score (nSPS) is 11.4. The SMILES string of the molecule is Fc1cccc(Br)c1NCC(F)(F)c1ccccc1. The van der Waals surface area contributed by atoms with Crippen molar-refractivity contribution in [3.63, 3.8) is 0 Å². The van der Waals surface area contributed by atoms with E-state index in [2.05, 4.69) is 21.2 Å². The fraction of sp³-hybridized carbons (Fsp3) is 0.143. The molecule has 100 valence electrons. The first kappa shape index (κ1) is 13.9. The van der Waals surface area contributed by atoms with E-state index in [-0.39, 0.29) is 11.3 Å². The van der Waals surface area contributed by atoms with Crippen LogP contribution in [-0.4, -0.2) is 6.54 Å². The van der Waals surface area contributed by atoms with Crippen LogP contribution in [0.3, 0.4) is 0 Å². The number of rotatable bonds is 4. The van der Waals surface area contributed by atoms with Crippen molar-refractivity contribution >= 4 is 21.6 Å². The zero-order valence-corrected chi connectivity index (χ0v) is 11.4. The zero-order chi connectivity index (χ0) is 13.9. The Bertz CT molecular complexity index is 538. The molecule has 2 aromatic rings. The quantitative estimate of drug-likeness (QED) is 0.850. The minimum Gasteiger partial charge on any atom is -0.375 e. The number of hydrogen-bond donors (Lipinski definition) is 1. The van der Waals surface area contributed by atoms with Crippen LogP contribution in [0.25, 0.3) is 0 Å². The average Bonchev–Trinajstić information content (AvgIpc) is 2.39. The second kappa shape index (κ2) is 5.65. The van der Waals surface area contributed by atoms with Crippen LogP contribution in [-0.2, 0) is 5.92 Å². The van der Waals surface area contributed by atoms with Crippen molar-refractivity contribution < 1.29 is 13.2 Å². The largest absolute Gasteiger partial charge is 0.375 e. The maximum atomic E-state index is 13.9. The molecule has 0 bridgehead atoms. The van der Waals surface area contributed by atoms with Crippen molar-refractivity contribution in [1.82, 2.24) is 0 Å². The van der Waals surface area contributed by atoms with Gasteiger partial charge in [-0.15, -0.1) is 0 Å². The third-order valence-electron chi connectivity index (χ3n) is 2.65. The van der Waals surface area contributed by atoms with Crippen molar-refractivity contribution in [3.8, 4) is 0 Å². The lowest BCUT2D eigenvalue weighted by molar-refractivity contribution is 0.0105. The van der Waals surface area contributed by atoms with Crippen molar-refractivity contribution in [3.05, 3.63) is 64.4 Å². The lowest BCUT2D eigenvalue weighted by Gasteiger charge is -2.19. The molecule has 0 unspecified atom stereocenters. The summed E-state index contributed by atoms with van der Waals surface area (Å²) in [4.78, 5) is 0. The van der Waals surface area contributed by atoms with Gasteiger partial charge in [-0.1, -0.05) is 36.4 Å². The number of alkyl halides is 2. The highest BCUT2D eigenvalue weighted by atomic mass is 79.9. The summed E-state index contributed by atoms with van der Waals surface area (Å²) in [6, 6.07) is 11.8. The van der Waals surface area contributed by atoms with Gasteiger partial charge in [0, 0.05) is 10.0 Å². The predicted octanol–water partition coefficient (Wildman–Crippen LogP) is 4.79. The van der Waals surface area contributed by atoms with Crippen LogP contribution in [0.15, 0.2) is 53.0 Å². The van der Waals surface area contributed by atoms with Gasteiger partial charge in [-0.25, -0.2) is 4.39 Å². The van der Waals surface area contributed by atoms with E-state index < -0.39 is 18.3 Å². The fourth-order valence-corrected chi connectivity index (χ4v) is 2.13. The molecule has 0 atom stereocenters. The van der Waals surface area contributed by atoms with Crippen molar-refractivity contribution in [2.45, 2.75) is 5.92 Å². The van der Waals surface area contributed by atoms with E-state index >= 15 is 0 Å². The molecule has 0 aliphatic carbocycles. The van der Waals surface area contributed by atoms with Gasteiger partial charge in [0.25, 0.3) is 5.92 Å². The fourth-order valence-electron chi connectivity index (χ4n) is 1.65. The van der Waals surface area contributed by atoms with E-state index in [0.29, 0.717) is 4.47 Å². The molecule has 0 spiro atoms. The van der Waals surface area contributed by atoms with E-state index in [4.69, 9.17) is 0 Å². The van der Waals surface area contributed by atoms with E-state index in [0.717, 1.165) is 0 Å². The second-order valence-corrected chi connectivity index (χ2v) is 4.88. The van der Waals surface area contributed by atoms with E-state index in [1.54, 1.807) is 24.3 Å². The van der Waals surface area contributed by atoms with E-state index in [1.807, 2.05) is 0 Å². The van der Waals surface area contributed by atoms with Gasteiger partial charge < -0.3 is 5.32 Å². The Kier molecular flexibility index (Phi) is 4.14. The van der Waals surface area contributed by atoms with Crippen molar-refractivity contribution in [2.75, 3.05) is 11.9 Å². The second-order valence-electron chi connectivity index (χ2n) is 4.02. The summed E-state index contributed by atoms with van der Waals surface area (Å²) in [6.45, 7) is -0.670. The third-order valence-corrected chi connectivity index (χ3v) is 3.31. The molecule has 0 heterocycles. The van der Waals surface area contributed by atoms with Crippen LogP contribution in [0.1, 0.15) is 5.56 Å². The molecule has 0 saturated carbocycles. The van der Waals surface area contributed by atoms with Crippen LogP contribution in [0, 0.1) is 5.82 Å². The molecule has 0 radical (unpaired) electrons. The maximum absolute atomic E-state index is 13.9. The number of nitrogens with one attached hydrogen (secondary N) is 1. The number of benzene rings is 2. The summed E-state index contributed by atoms with van der Waals surface area (Å²) >= 11 is 3.12. The third kappa shape index (κ3) is 3.29. The Morgan fingerprint density at radius 1 is 1.00 bits per heavy atom. The van der Waals surface area contributed by atoms with Gasteiger partial charge in [0.2, 0.25) is 0 Å². The summed E-state index contributed by atoms with van der Waals surface area (Å²) in [5, 5.41) is 2.45. The topological polar surface area (TPSA) is 12.0 Å². The smallest absolute Gasteiger partial charge is 0.290 e. The molecular weight excluding hydrogens is 319 g/mol. The summed E-state index contributed by atoms with van der Waals surface area (Å²) < 4.78 is 41.7. The van der Waals surface area contributed by atoms with Gasteiger partial charge in [0.05, 0.1) is 12.2 Å². The molecule has 2 aromatic carbocycles. The van der Waals surface area contributed by atoms with Gasteiger partial charge in [0.1, 0.15) is 5.82 Å². The van der Waals surface area contributed by atoms with Gasteiger partial charge in [-0.3, -0.25) is 0 Å². The van der Waals surface area contributed by atoms with Crippen LogP contribution >= 0.6 is 15.9 Å². The number of halogens is 4. The minimum atomic E-state index is -3.07. The summed E-state index contributed by atoms with van der Waals surface area (Å²) in [6.07, 6.45) is 0. The first-order valence-electron chi connectivity index (χ1n) is 5.62. The first-order valence-corrected chi connectivity index (χ1v) is 6.41. The first-order chi connectivity index (χ1) is 9.00. The highest BCUT2D eigenvalue weighted by Gasteiger charge is 2.31. The molecule has 2 rings (SSSR count). The molecule has 0 aliphatic rings. The Morgan fingerprint density at radius 3 is 2.32 bits per heavy atom. The molecule has 19 heavy (non-hydrogen) atoms. The summed E-state index contributed by atoms with van der Waals surface area (Å²) in [7, 11) is 0. The molecule has 0 aliphatic heterocycles. The van der Waals surface area contributed by atoms with Crippen LogP contribution < -0.4 is 5.32 Å². The molecule has 0 amide bonds. The van der Waals surface area contributed by atoms with Crippen molar-refractivity contribution in [1.29, 1.82) is 0 Å². The predicted molar refractivity (Wildman–Crippen MR) is 72.9 cm³/mol. The molecular formula is C14H11BrF3N. The molecule has 0 aromatic heterocycles. The zero-order valence-electron chi connectivity index (χ0n) is 9.84. The summed E-state index contributed by atoms with van der Waals surface area (Å²) in [5.41, 5.74) is -0.0620. The Hall–Kier alpha value is -1.49. The van der Waals surface area contributed by atoms with Gasteiger partial charge in [-0.2, -0.15) is 8.78 Å². The van der Waals surface area contributed by atoms with Crippen LogP contribution in [0.2, 0.25) is 0 Å². The molecule has 0 saturated heterocycles. The van der Waals surface area contributed by atoms with Gasteiger partial charge in [0.15, 0.2) is 0 Å².